The summed E-state index contributed by atoms with van der Waals surface area (Å²) in [6, 6.07) is 3.58. The number of hydrogen-bond donors (Lipinski definition) is 0. The molecule has 1 atom stereocenters. The lowest BCUT2D eigenvalue weighted by molar-refractivity contribution is 0.0677. The lowest BCUT2D eigenvalue weighted by atomic mass is 10.1. The van der Waals surface area contributed by atoms with Gasteiger partial charge in [-0.1, -0.05) is 27.2 Å². The highest BCUT2D eigenvalue weighted by atomic mass is 16.5. The van der Waals surface area contributed by atoms with Gasteiger partial charge in [-0.05, 0) is 24.5 Å². The molecule has 0 radical (unpaired) electrons. The molecule has 2 heterocycles. The van der Waals surface area contributed by atoms with Crippen LogP contribution in [0.1, 0.15) is 44.0 Å². The largest absolute Gasteiger partial charge is 0.472 e. The number of fused-ring (bicyclic) bond motifs is 1. The van der Waals surface area contributed by atoms with E-state index >= 15 is 0 Å². The molecule has 0 aromatic carbocycles. The number of amides is 1. The molecular weight excluding hydrogens is 240 g/mol. The van der Waals surface area contributed by atoms with Crippen LogP contribution in [-0.2, 0) is 0 Å². The minimum atomic E-state index is 0.0374. The molecule has 0 saturated heterocycles. The van der Waals surface area contributed by atoms with Gasteiger partial charge in [0.2, 0.25) is 5.88 Å². The lowest BCUT2D eigenvalue weighted by Gasteiger charge is -2.25. The first-order chi connectivity index (χ1) is 9.11. The standard InChI is InChI=1S/C15H22N2O2/c1-4-6-12-10-17(9-11(2)3)15(18)13-7-5-8-16-14(13)19-12/h5,7-8,11-12H,4,6,9-10H2,1-3H3. The number of nitrogens with zero attached hydrogens (tertiary/aromatic N) is 2. The molecule has 0 fully saturated rings. The number of carbonyl (C=O) groups is 1. The zero-order chi connectivity index (χ0) is 13.8. The van der Waals surface area contributed by atoms with Crippen LogP contribution in [0.15, 0.2) is 18.3 Å². The highest BCUT2D eigenvalue weighted by Crippen LogP contribution is 2.24. The normalized spacial score (nSPS) is 19.1. The molecule has 1 unspecified atom stereocenters. The van der Waals surface area contributed by atoms with Crippen LogP contribution < -0.4 is 4.74 Å². The molecule has 0 aliphatic carbocycles. The van der Waals surface area contributed by atoms with Crippen LogP contribution in [0.25, 0.3) is 0 Å². The molecule has 4 heteroatoms. The maximum absolute atomic E-state index is 12.5. The van der Waals surface area contributed by atoms with Gasteiger partial charge < -0.3 is 9.64 Å². The van der Waals surface area contributed by atoms with Crippen LogP contribution in [0, 0.1) is 5.92 Å². The highest BCUT2D eigenvalue weighted by molar-refractivity contribution is 5.96. The van der Waals surface area contributed by atoms with E-state index in [9.17, 15) is 4.79 Å². The van der Waals surface area contributed by atoms with Gasteiger partial charge >= 0.3 is 0 Å². The van der Waals surface area contributed by atoms with Crippen LogP contribution in [0.3, 0.4) is 0 Å². The predicted octanol–water partition coefficient (Wildman–Crippen LogP) is 2.74. The van der Waals surface area contributed by atoms with Gasteiger partial charge in [-0.15, -0.1) is 0 Å². The minimum Gasteiger partial charge on any atom is -0.472 e. The molecule has 19 heavy (non-hydrogen) atoms. The summed E-state index contributed by atoms with van der Waals surface area (Å²) < 4.78 is 5.91. The van der Waals surface area contributed by atoms with E-state index in [1.54, 1.807) is 18.3 Å². The summed E-state index contributed by atoms with van der Waals surface area (Å²) in [5.41, 5.74) is 0.585. The fourth-order valence-corrected chi connectivity index (χ4v) is 2.41. The summed E-state index contributed by atoms with van der Waals surface area (Å²) >= 11 is 0. The van der Waals surface area contributed by atoms with Gasteiger partial charge in [-0.3, -0.25) is 4.79 Å². The SMILES string of the molecule is CCCC1CN(CC(C)C)C(=O)c2cccnc2O1. The van der Waals surface area contributed by atoms with Crippen molar-refractivity contribution in [3.63, 3.8) is 0 Å². The van der Waals surface area contributed by atoms with E-state index in [4.69, 9.17) is 4.74 Å². The number of hydrogen-bond acceptors (Lipinski definition) is 3. The predicted molar refractivity (Wildman–Crippen MR) is 74.3 cm³/mol. The molecule has 104 valence electrons. The van der Waals surface area contributed by atoms with E-state index in [0.717, 1.165) is 19.4 Å². The Balaban J connectivity index is 2.29. The average Bonchev–Trinajstić information content (AvgIpc) is 2.48. The van der Waals surface area contributed by atoms with E-state index < -0.39 is 0 Å². The summed E-state index contributed by atoms with van der Waals surface area (Å²) in [6.45, 7) is 7.79. The molecular formula is C15H22N2O2. The summed E-state index contributed by atoms with van der Waals surface area (Å²) in [5.74, 6) is 0.969. The molecule has 0 saturated carbocycles. The van der Waals surface area contributed by atoms with Gasteiger partial charge in [0, 0.05) is 12.7 Å². The quantitative estimate of drug-likeness (QED) is 0.838. The van der Waals surface area contributed by atoms with Crippen molar-refractivity contribution in [3.05, 3.63) is 23.9 Å². The third-order valence-electron chi connectivity index (χ3n) is 3.19. The van der Waals surface area contributed by atoms with Gasteiger partial charge in [-0.25, -0.2) is 4.98 Å². The average molecular weight is 262 g/mol. The molecule has 0 N–H and O–H groups in total. The molecule has 1 aliphatic heterocycles. The minimum absolute atomic E-state index is 0.0374. The first-order valence-corrected chi connectivity index (χ1v) is 7.02. The topological polar surface area (TPSA) is 42.4 Å². The van der Waals surface area contributed by atoms with Crippen molar-refractivity contribution in [3.8, 4) is 5.88 Å². The summed E-state index contributed by atoms with van der Waals surface area (Å²) in [4.78, 5) is 18.6. The fraction of sp³-hybridized carbons (Fsp3) is 0.600. The van der Waals surface area contributed by atoms with E-state index in [1.165, 1.54) is 0 Å². The van der Waals surface area contributed by atoms with Gasteiger partial charge in [0.05, 0.1) is 6.54 Å². The number of rotatable bonds is 4. The Morgan fingerprint density at radius 1 is 1.53 bits per heavy atom. The van der Waals surface area contributed by atoms with Crippen molar-refractivity contribution in [1.29, 1.82) is 0 Å². The van der Waals surface area contributed by atoms with E-state index in [1.807, 2.05) is 4.90 Å². The van der Waals surface area contributed by atoms with Crippen LogP contribution in [-0.4, -0.2) is 35.0 Å². The van der Waals surface area contributed by atoms with E-state index in [0.29, 0.717) is 23.9 Å². The van der Waals surface area contributed by atoms with Crippen LogP contribution in [0.2, 0.25) is 0 Å². The first kappa shape index (κ1) is 13.8. The summed E-state index contributed by atoms with van der Waals surface area (Å²) in [7, 11) is 0. The third-order valence-corrected chi connectivity index (χ3v) is 3.19. The molecule has 0 spiro atoms. The molecule has 0 bridgehead atoms. The maximum atomic E-state index is 12.5. The van der Waals surface area contributed by atoms with Gasteiger partial charge in [0.15, 0.2) is 0 Å². The number of aromatic nitrogens is 1. The lowest BCUT2D eigenvalue weighted by Crippen LogP contribution is -2.39. The smallest absolute Gasteiger partial charge is 0.259 e. The second kappa shape index (κ2) is 6.04. The Morgan fingerprint density at radius 3 is 3.00 bits per heavy atom. The van der Waals surface area contributed by atoms with Crippen molar-refractivity contribution in [2.75, 3.05) is 13.1 Å². The van der Waals surface area contributed by atoms with Crippen molar-refractivity contribution >= 4 is 5.91 Å². The molecule has 1 aromatic rings. The Morgan fingerprint density at radius 2 is 2.32 bits per heavy atom. The zero-order valence-electron chi connectivity index (χ0n) is 11.9. The van der Waals surface area contributed by atoms with Gasteiger partial charge in [0.1, 0.15) is 11.7 Å². The summed E-state index contributed by atoms with van der Waals surface area (Å²) in [5, 5.41) is 0. The van der Waals surface area contributed by atoms with Crippen LogP contribution in [0.5, 0.6) is 5.88 Å². The van der Waals surface area contributed by atoms with Crippen LogP contribution >= 0.6 is 0 Å². The monoisotopic (exact) mass is 262 g/mol. The third kappa shape index (κ3) is 3.25. The molecule has 1 amide bonds. The Kier molecular flexibility index (Phi) is 4.40. The maximum Gasteiger partial charge on any atom is 0.259 e. The molecule has 1 aromatic heterocycles. The second-order valence-electron chi connectivity index (χ2n) is 5.49. The zero-order valence-corrected chi connectivity index (χ0v) is 11.9. The number of carbonyl (C=O) groups excluding carboxylic acids is 1. The fourth-order valence-electron chi connectivity index (χ4n) is 2.41. The summed E-state index contributed by atoms with van der Waals surface area (Å²) in [6.07, 6.45) is 3.70. The van der Waals surface area contributed by atoms with Crippen molar-refractivity contribution in [1.82, 2.24) is 9.88 Å². The first-order valence-electron chi connectivity index (χ1n) is 7.02. The van der Waals surface area contributed by atoms with Gasteiger partial charge in [0.25, 0.3) is 5.91 Å². The molecule has 2 rings (SSSR count). The molecule has 1 aliphatic rings. The van der Waals surface area contributed by atoms with Gasteiger partial charge in [-0.2, -0.15) is 0 Å². The second-order valence-corrected chi connectivity index (χ2v) is 5.49. The van der Waals surface area contributed by atoms with Crippen molar-refractivity contribution < 1.29 is 9.53 Å². The van der Waals surface area contributed by atoms with Crippen LogP contribution in [0.4, 0.5) is 0 Å². The Labute approximate surface area is 114 Å². The highest BCUT2D eigenvalue weighted by Gasteiger charge is 2.29. The molecule has 4 nitrogen and oxygen atoms in total. The Bertz CT molecular complexity index is 446. The Hall–Kier alpha value is -1.58. The van der Waals surface area contributed by atoms with E-state index in [2.05, 4.69) is 25.8 Å². The van der Waals surface area contributed by atoms with E-state index in [-0.39, 0.29) is 12.0 Å². The number of pyridine rings is 1. The number of ether oxygens (including phenoxy) is 1. The van der Waals surface area contributed by atoms with Crippen molar-refractivity contribution in [2.24, 2.45) is 5.92 Å². The van der Waals surface area contributed by atoms with Crippen molar-refractivity contribution in [2.45, 2.75) is 39.7 Å².